The molecule has 4 atom stereocenters. The SMILES string of the molecule is COC(=O)NCCCC(O)(c1cccc(Cl)c1Oc1cccc(C)c1)[C@@H]1CCCN(C(=O)[C@@H]2CC[C@H](N)C2)C1. The van der Waals surface area contributed by atoms with E-state index in [9.17, 15) is 14.7 Å². The van der Waals surface area contributed by atoms with E-state index in [4.69, 9.17) is 22.1 Å². The smallest absolute Gasteiger partial charge is 0.406 e. The Labute approximate surface area is 235 Å². The van der Waals surface area contributed by atoms with Crippen molar-refractivity contribution in [2.45, 2.75) is 63.5 Å². The molecular weight excluding hydrogens is 518 g/mol. The van der Waals surface area contributed by atoms with Gasteiger partial charge >= 0.3 is 6.09 Å². The maximum Gasteiger partial charge on any atom is 0.406 e. The van der Waals surface area contributed by atoms with Gasteiger partial charge in [0.25, 0.3) is 0 Å². The lowest BCUT2D eigenvalue weighted by Gasteiger charge is -2.44. The zero-order chi connectivity index (χ0) is 28.0. The van der Waals surface area contributed by atoms with E-state index in [0.717, 1.165) is 31.2 Å². The minimum atomic E-state index is -1.35. The molecule has 9 heteroatoms. The second-order valence-electron chi connectivity index (χ2n) is 10.9. The van der Waals surface area contributed by atoms with Crippen molar-refractivity contribution in [2.75, 3.05) is 26.7 Å². The summed E-state index contributed by atoms with van der Waals surface area (Å²) in [7, 11) is 1.32. The number of aryl methyl sites for hydroxylation is 1. The molecule has 39 heavy (non-hydrogen) atoms. The van der Waals surface area contributed by atoms with E-state index in [0.29, 0.717) is 61.0 Å². The predicted molar refractivity (Wildman–Crippen MR) is 151 cm³/mol. The number of ether oxygens (including phenoxy) is 2. The highest BCUT2D eigenvalue weighted by molar-refractivity contribution is 6.32. The van der Waals surface area contributed by atoms with Crippen LogP contribution in [-0.2, 0) is 15.1 Å². The van der Waals surface area contributed by atoms with E-state index in [2.05, 4.69) is 10.1 Å². The number of piperidine rings is 1. The number of nitrogens with one attached hydrogen (secondary N) is 1. The van der Waals surface area contributed by atoms with Crippen molar-refractivity contribution < 1.29 is 24.2 Å². The number of nitrogens with zero attached hydrogens (tertiary/aromatic N) is 1. The number of nitrogens with two attached hydrogens (primary N) is 1. The average molecular weight is 558 g/mol. The number of hydrogen-bond donors (Lipinski definition) is 3. The number of halogens is 1. The highest BCUT2D eigenvalue weighted by Gasteiger charge is 2.44. The van der Waals surface area contributed by atoms with Crippen molar-refractivity contribution in [1.82, 2.24) is 10.2 Å². The zero-order valence-corrected chi connectivity index (χ0v) is 23.6. The second-order valence-corrected chi connectivity index (χ2v) is 11.3. The summed E-state index contributed by atoms with van der Waals surface area (Å²) in [5.41, 5.74) is 6.36. The minimum absolute atomic E-state index is 0.0533. The number of likely N-dealkylation sites (tertiary alicyclic amines) is 1. The highest BCUT2D eigenvalue weighted by atomic mass is 35.5. The predicted octanol–water partition coefficient (Wildman–Crippen LogP) is 5.13. The van der Waals surface area contributed by atoms with Gasteiger partial charge in [0.05, 0.1) is 17.7 Å². The van der Waals surface area contributed by atoms with Crippen LogP contribution in [0.1, 0.15) is 56.1 Å². The second kappa shape index (κ2) is 13.0. The van der Waals surface area contributed by atoms with Crippen LogP contribution in [0.4, 0.5) is 4.79 Å². The molecule has 2 aromatic rings. The summed E-state index contributed by atoms with van der Waals surface area (Å²) >= 11 is 6.68. The lowest BCUT2D eigenvalue weighted by atomic mass is 9.73. The molecule has 1 heterocycles. The number of amides is 2. The van der Waals surface area contributed by atoms with Crippen LogP contribution in [-0.4, -0.2) is 54.8 Å². The van der Waals surface area contributed by atoms with Crippen LogP contribution in [0.3, 0.4) is 0 Å². The molecule has 0 spiro atoms. The van der Waals surface area contributed by atoms with E-state index in [1.54, 1.807) is 6.07 Å². The van der Waals surface area contributed by atoms with Gasteiger partial charge in [0.2, 0.25) is 5.91 Å². The summed E-state index contributed by atoms with van der Waals surface area (Å²) in [5.74, 6) is 0.851. The lowest BCUT2D eigenvalue weighted by Crippen LogP contribution is -2.49. The quantitative estimate of drug-likeness (QED) is 0.368. The first-order valence-corrected chi connectivity index (χ1v) is 14.2. The molecule has 0 aromatic heterocycles. The fraction of sp³-hybridized carbons (Fsp3) is 0.533. The molecule has 1 saturated carbocycles. The summed E-state index contributed by atoms with van der Waals surface area (Å²) in [5, 5.41) is 15.6. The number of carbonyl (C=O) groups is 2. The third kappa shape index (κ3) is 7.04. The molecule has 1 aliphatic carbocycles. The van der Waals surface area contributed by atoms with Crippen LogP contribution in [0.25, 0.3) is 0 Å². The Kier molecular flexibility index (Phi) is 9.75. The number of benzene rings is 2. The molecule has 1 aliphatic heterocycles. The number of aliphatic hydroxyl groups is 1. The molecule has 212 valence electrons. The average Bonchev–Trinajstić information content (AvgIpc) is 3.37. The number of alkyl carbamates (subject to hydrolysis) is 1. The van der Waals surface area contributed by atoms with Gasteiger partial charge in [-0.25, -0.2) is 4.79 Å². The molecule has 1 unspecified atom stereocenters. The molecule has 4 N–H and O–H groups in total. The molecule has 0 bridgehead atoms. The Balaban J connectivity index is 1.64. The lowest BCUT2D eigenvalue weighted by molar-refractivity contribution is -0.141. The van der Waals surface area contributed by atoms with Crippen molar-refractivity contribution in [3.05, 3.63) is 58.6 Å². The van der Waals surface area contributed by atoms with E-state index in [1.807, 2.05) is 48.2 Å². The van der Waals surface area contributed by atoms with Gasteiger partial charge in [-0.15, -0.1) is 0 Å². The van der Waals surface area contributed by atoms with Crippen LogP contribution in [0.2, 0.25) is 5.02 Å². The minimum Gasteiger partial charge on any atom is -0.455 e. The highest BCUT2D eigenvalue weighted by Crippen LogP contribution is 2.46. The van der Waals surface area contributed by atoms with Crippen molar-refractivity contribution in [1.29, 1.82) is 0 Å². The first kappa shape index (κ1) is 29.2. The summed E-state index contributed by atoms with van der Waals surface area (Å²) in [6.45, 7) is 3.42. The van der Waals surface area contributed by atoms with Crippen molar-refractivity contribution >= 4 is 23.6 Å². The summed E-state index contributed by atoms with van der Waals surface area (Å²) < 4.78 is 11.0. The molecule has 2 aliphatic rings. The molecule has 4 rings (SSSR count). The van der Waals surface area contributed by atoms with Gasteiger partial charge in [0.15, 0.2) is 5.75 Å². The van der Waals surface area contributed by atoms with Gasteiger partial charge in [0.1, 0.15) is 5.75 Å². The van der Waals surface area contributed by atoms with Crippen LogP contribution in [0.5, 0.6) is 11.5 Å². The van der Waals surface area contributed by atoms with Gasteiger partial charge in [0, 0.05) is 43.1 Å². The first-order valence-electron chi connectivity index (χ1n) is 13.8. The number of methoxy groups -OCH3 is 1. The van der Waals surface area contributed by atoms with E-state index in [-0.39, 0.29) is 23.8 Å². The van der Waals surface area contributed by atoms with Gasteiger partial charge in [-0.05, 0) is 75.6 Å². The third-order valence-corrected chi connectivity index (χ3v) is 8.36. The maximum absolute atomic E-state index is 13.4. The van der Waals surface area contributed by atoms with Crippen LogP contribution < -0.4 is 15.8 Å². The Morgan fingerprint density at radius 1 is 1.21 bits per heavy atom. The zero-order valence-electron chi connectivity index (χ0n) is 22.8. The van der Waals surface area contributed by atoms with Crippen LogP contribution in [0, 0.1) is 18.8 Å². The van der Waals surface area contributed by atoms with E-state index < -0.39 is 11.7 Å². The van der Waals surface area contributed by atoms with Crippen molar-refractivity contribution in [3.63, 3.8) is 0 Å². The fourth-order valence-corrected chi connectivity index (χ4v) is 6.21. The molecule has 8 nitrogen and oxygen atoms in total. The first-order chi connectivity index (χ1) is 18.7. The Hall–Kier alpha value is -2.81. The Bertz CT molecular complexity index is 1160. The van der Waals surface area contributed by atoms with Crippen LogP contribution >= 0.6 is 11.6 Å². The standard InChI is InChI=1S/C30H40ClN3O5/c1-20-7-3-9-24(17-20)39-27-25(10-4-11-26(27)31)30(37,14-6-15-33-29(36)38-2)22-8-5-16-34(19-22)28(35)21-12-13-23(32)18-21/h3-4,7,9-11,17,21-23,37H,5-6,8,12-16,18-19,32H2,1-2H3,(H,33,36)/t21-,22-,23+,30?/m1/s1. The number of hydrogen-bond acceptors (Lipinski definition) is 6. The number of para-hydroxylation sites is 1. The van der Waals surface area contributed by atoms with Crippen molar-refractivity contribution in [2.24, 2.45) is 17.6 Å². The van der Waals surface area contributed by atoms with Gasteiger partial charge in [-0.1, -0.05) is 35.9 Å². The summed E-state index contributed by atoms with van der Waals surface area (Å²) in [6.07, 6.45) is 4.23. The van der Waals surface area contributed by atoms with E-state index >= 15 is 0 Å². The summed E-state index contributed by atoms with van der Waals surface area (Å²) in [6, 6.07) is 13.1. The normalized spacial score (nSPS) is 22.7. The Morgan fingerprint density at radius 2 is 2.00 bits per heavy atom. The number of rotatable bonds is 9. The van der Waals surface area contributed by atoms with Gasteiger partial charge < -0.3 is 30.5 Å². The molecule has 2 aromatic carbocycles. The topological polar surface area (TPSA) is 114 Å². The third-order valence-electron chi connectivity index (χ3n) is 8.06. The monoisotopic (exact) mass is 557 g/mol. The van der Waals surface area contributed by atoms with Crippen LogP contribution in [0.15, 0.2) is 42.5 Å². The molecule has 2 amide bonds. The van der Waals surface area contributed by atoms with Crippen molar-refractivity contribution in [3.8, 4) is 11.5 Å². The van der Waals surface area contributed by atoms with Gasteiger partial charge in [-0.3, -0.25) is 4.79 Å². The molecule has 2 fully saturated rings. The molecular formula is C30H40ClN3O5. The largest absolute Gasteiger partial charge is 0.455 e. The molecule has 0 radical (unpaired) electrons. The fourth-order valence-electron chi connectivity index (χ4n) is 6.00. The Morgan fingerprint density at radius 3 is 2.72 bits per heavy atom. The maximum atomic E-state index is 13.4. The number of carbonyl (C=O) groups excluding carboxylic acids is 2. The molecule has 1 saturated heterocycles. The van der Waals surface area contributed by atoms with Gasteiger partial charge in [-0.2, -0.15) is 0 Å². The summed E-state index contributed by atoms with van der Waals surface area (Å²) in [4.78, 5) is 26.9. The van der Waals surface area contributed by atoms with E-state index in [1.165, 1.54) is 7.11 Å².